The summed E-state index contributed by atoms with van der Waals surface area (Å²) in [6.07, 6.45) is 2.80. The Morgan fingerprint density at radius 1 is 1.50 bits per heavy atom. The molecule has 0 unspecified atom stereocenters. The number of rotatable bonds is 4. The fourth-order valence-electron chi connectivity index (χ4n) is 1.05. The third-order valence-corrected chi connectivity index (χ3v) is 2.93. The molecule has 7 heteroatoms. The smallest absolute Gasteiger partial charge is 0.280 e. The van der Waals surface area contributed by atoms with Gasteiger partial charge >= 0.3 is 0 Å². The van der Waals surface area contributed by atoms with Crippen LogP contribution in [-0.2, 0) is 20.3 Å². The van der Waals surface area contributed by atoms with E-state index in [-0.39, 0.29) is 10.6 Å². The van der Waals surface area contributed by atoms with Crippen molar-refractivity contribution < 1.29 is 13.2 Å². The molecule has 0 aromatic carbocycles. The number of aromatic nitrogens is 2. The van der Waals surface area contributed by atoms with E-state index < -0.39 is 9.05 Å². The molecule has 0 amide bonds. The maximum absolute atomic E-state index is 10.9. The zero-order valence-electron chi connectivity index (χ0n) is 9.47. The van der Waals surface area contributed by atoms with Crippen LogP contribution < -0.4 is 0 Å². The second-order valence-electron chi connectivity index (χ2n) is 4.35. The topological polar surface area (TPSA) is 61.2 Å². The molecule has 0 fully saturated rings. The molecule has 0 aliphatic heterocycles. The van der Waals surface area contributed by atoms with Gasteiger partial charge < -0.3 is 9.30 Å². The molecule has 0 saturated carbocycles. The lowest BCUT2D eigenvalue weighted by Crippen LogP contribution is -2.21. The SMILES string of the molecule is CC(C)(C)OCCn1cnc(S(=O)(=O)Cl)c1. The zero-order chi connectivity index (χ0) is 12.4. The lowest BCUT2D eigenvalue weighted by atomic mass is 10.2. The van der Waals surface area contributed by atoms with Crippen LogP contribution in [0.4, 0.5) is 0 Å². The molecule has 1 rings (SSSR count). The predicted molar refractivity (Wildman–Crippen MR) is 61.0 cm³/mol. The first-order valence-electron chi connectivity index (χ1n) is 4.79. The zero-order valence-corrected chi connectivity index (χ0v) is 11.0. The summed E-state index contributed by atoms with van der Waals surface area (Å²) in [5, 5.41) is -0.134. The molecule has 5 nitrogen and oxygen atoms in total. The number of imidazole rings is 1. The molecule has 0 aliphatic rings. The van der Waals surface area contributed by atoms with Crippen LogP contribution >= 0.6 is 10.7 Å². The molecular weight excluding hydrogens is 252 g/mol. The van der Waals surface area contributed by atoms with E-state index in [1.165, 1.54) is 12.5 Å². The molecule has 0 spiro atoms. The summed E-state index contributed by atoms with van der Waals surface area (Å²) in [4.78, 5) is 3.69. The molecule has 16 heavy (non-hydrogen) atoms. The number of ether oxygens (including phenoxy) is 1. The number of hydrogen-bond acceptors (Lipinski definition) is 4. The van der Waals surface area contributed by atoms with Gasteiger partial charge in [0.05, 0.1) is 18.5 Å². The van der Waals surface area contributed by atoms with Gasteiger partial charge in [0, 0.05) is 23.4 Å². The minimum Gasteiger partial charge on any atom is -0.374 e. The molecule has 1 aromatic heterocycles. The lowest BCUT2D eigenvalue weighted by Gasteiger charge is -2.19. The van der Waals surface area contributed by atoms with Crippen molar-refractivity contribution in [3.05, 3.63) is 12.5 Å². The van der Waals surface area contributed by atoms with Gasteiger partial charge in [0.15, 0.2) is 5.03 Å². The number of hydrogen-bond donors (Lipinski definition) is 0. The van der Waals surface area contributed by atoms with Gasteiger partial charge in [-0.2, -0.15) is 0 Å². The highest BCUT2D eigenvalue weighted by atomic mass is 35.7. The minimum atomic E-state index is -3.74. The highest BCUT2D eigenvalue weighted by Crippen LogP contribution is 2.11. The molecule has 0 atom stereocenters. The monoisotopic (exact) mass is 266 g/mol. The fraction of sp³-hybridized carbons (Fsp3) is 0.667. The van der Waals surface area contributed by atoms with Crippen LogP contribution in [0.2, 0.25) is 0 Å². The summed E-state index contributed by atoms with van der Waals surface area (Å²) in [7, 11) is 1.41. The summed E-state index contributed by atoms with van der Waals surface area (Å²) in [5.41, 5.74) is -0.206. The molecule has 0 bridgehead atoms. The molecule has 92 valence electrons. The molecule has 0 aliphatic carbocycles. The van der Waals surface area contributed by atoms with E-state index >= 15 is 0 Å². The van der Waals surface area contributed by atoms with E-state index in [1.807, 2.05) is 20.8 Å². The van der Waals surface area contributed by atoms with E-state index in [1.54, 1.807) is 4.57 Å². The molecule has 0 N–H and O–H groups in total. The van der Waals surface area contributed by atoms with Crippen molar-refractivity contribution in [2.45, 2.75) is 37.9 Å². The summed E-state index contributed by atoms with van der Waals surface area (Å²) >= 11 is 0. The van der Waals surface area contributed by atoms with Crippen molar-refractivity contribution >= 4 is 19.7 Å². The summed E-state index contributed by atoms with van der Waals surface area (Å²) in [5.74, 6) is 0. The van der Waals surface area contributed by atoms with Crippen molar-refractivity contribution in [3.63, 3.8) is 0 Å². The highest BCUT2D eigenvalue weighted by molar-refractivity contribution is 8.13. The molecular formula is C9H15ClN2O3S. The second-order valence-corrected chi connectivity index (χ2v) is 6.86. The molecule has 1 aromatic rings. The van der Waals surface area contributed by atoms with Gasteiger partial charge in [0.1, 0.15) is 0 Å². The van der Waals surface area contributed by atoms with E-state index in [0.29, 0.717) is 13.2 Å². The van der Waals surface area contributed by atoms with E-state index in [4.69, 9.17) is 15.4 Å². The third kappa shape index (κ3) is 4.51. The molecule has 1 heterocycles. The summed E-state index contributed by atoms with van der Waals surface area (Å²) in [6.45, 7) is 6.89. The fourth-order valence-corrected chi connectivity index (χ4v) is 1.72. The van der Waals surface area contributed by atoms with Crippen LogP contribution in [0.15, 0.2) is 17.6 Å². The average Bonchev–Trinajstić information content (AvgIpc) is 2.49. The van der Waals surface area contributed by atoms with Crippen molar-refractivity contribution in [1.82, 2.24) is 9.55 Å². The van der Waals surface area contributed by atoms with E-state index in [2.05, 4.69) is 4.98 Å². The van der Waals surface area contributed by atoms with E-state index in [9.17, 15) is 8.42 Å². The van der Waals surface area contributed by atoms with Gasteiger partial charge in [-0.15, -0.1) is 0 Å². The average molecular weight is 267 g/mol. The Morgan fingerprint density at radius 3 is 2.56 bits per heavy atom. The van der Waals surface area contributed by atoms with Crippen LogP contribution in [-0.4, -0.2) is 30.2 Å². The van der Waals surface area contributed by atoms with Gasteiger partial charge in [-0.25, -0.2) is 13.4 Å². The van der Waals surface area contributed by atoms with Crippen molar-refractivity contribution in [2.24, 2.45) is 0 Å². The molecule has 0 saturated heterocycles. The van der Waals surface area contributed by atoms with Gasteiger partial charge in [0.25, 0.3) is 9.05 Å². The van der Waals surface area contributed by atoms with Crippen molar-refractivity contribution in [1.29, 1.82) is 0 Å². The number of halogens is 1. The largest absolute Gasteiger partial charge is 0.374 e. The Balaban J connectivity index is 2.54. The quantitative estimate of drug-likeness (QED) is 0.777. The van der Waals surface area contributed by atoms with Gasteiger partial charge in [-0.05, 0) is 20.8 Å². The maximum atomic E-state index is 10.9. The van der Waals surface area contributed by atoms with Crippen molar-refractivity contribution in [3.8, 4) is 0 Å². The van der Waals surface area contributed by atoms with Crippen LogP contribution in [0, 0.1) is 0 Å². The maximum Gasteiger partial charge on any atom is 0.280 e. The minimum absolute atomic E-state index is 0.134. The second kappa shape index (κ2) is 4.73. The normalized spacial score (nSPS) is 13.0. The van der Waals surface area contributed by atoms with Gasteiger partial charge in [-0.1, -0.05) is 0 Å². The van der Waals surface area contributed by atoms with Crippen LogP contribution in [0.5, 0.6) is 0 Å². The Hall–Kier alpha value is -0.590. The standard InChI is InChI=1S/C9H15ClN2O3S/c1-9(2,3)15-5-4-12-6-8(11-7-12)16(10,13)14/h6-7H,4-5H2,1-3H3. The van der Waals surface area contributed by atoms with Crippen molar-refractivity contribution in [2.75, 3.05) is 6.61 Å². The van der Waals surface area contributed by atoms with Gasteiger partial charge in [0.2, 0.25) is 0 Å². The lowest BCUT2D eigenvalue weighted by molar-refractivity contribution is -0.00685. The predicted octanol–water partition coefficient (Wildman–Crippen LogP) is 1.63. The van der Waals surface area contributed by atoms with Gasteiger partial charge in [-0.3, -0.25) is 0 Å². The molecule has 0 radical (unpaired) electrons. The first-order chi connectivity index (χ1) is 7.18. The van der Waals surface area contributed by atoms with Crippen LogP contribution in [0.3, 0.4) is 0 Å². The van der Waals surface area contributed by atoms with Crippen LogP contribution in [0.1, 0.15) is 20.8 Å². The highest BCUT2D eigenvalue weighted by Gasteiger charge is 2.14. The third-order valence-electron chi connectivity index (χ3n) is 1.74. The Labute approximate surface area is 99.8 Å². The number of nitrogens with zero attached hydrogens (tertiary/aromatic N) is 2. The van der Waals surface area contributed by atoms with E-state index in [0.717, 1.165) is 0 Å². The summed E-state index contributed by atoms with van der Waals surface area (Å²) in [6, 6.07) is 0. The Bertz CT molecular complexity index is 448. The first-order valence-corrected chi connectivity index (χ1v) is 7.10. The summed E-state index contributed by atoms with van der Waals surface area (Å²) < 4.78 is 29.0. The Kier molecular flexibility index (Phi) is 3.98. The Morgan fingerprint density at radius 2 is 2.12 bits per heavy atom. The van der Waals surface area contributed by atoms with Crippen LogP contribution in [0.25, 0.3) is 0 Å². The first kappa shape index (κ1) is 13.5.